The molecule has 0 aromatic heterocycles. The summed E-state index contributed by atoms with van der Waals surface area (Å²) in [7, 11) is -9.84. The zero-order valence-corrected chi connectivity index (χ0v) is 23.1. The van der Waals surface area contributed by atoms with Gasteiger partial charge in [0, 0.05) is 0 Å². The second-order valence-electron chi connectivity index (χ2n) is 0.752. The molecular weight excluding hydrogens is 368 g/mol. The molecule has 0 aromatic carbocycles. The Morgan fingerprint density at radius 1 is 0.611 bits per heavy atom. The van der Waals surface area contributed by atoms with E-state index < -0.39 is 23.7 Å². The molecular formula is Na5O10P3. The Morgan fingerprint density at radius 2 is 0.722 bits per heavy atom. The third kappa shape index (κ3) is 108. The first-order valence-electron chi connectivity index (χ1n) is 1.64. The van der Waals surface area contributed by atoms with Crippen LogP contribution < -0.4 is 153 Å². The van der Waals surface area contributed by atoms with Gasteiger partial charge in [-0.15, -0.1) is 0 Å². The largest absolute Gasteiger partial charge is 2.00 e. The van der Waals surface area contributed by atoms with Gasteiger partial charge in [-0.3, -0.25) is 9.13 Å². The fourth-order valence-corrected chi connectivity index (χ4v) is 0.490. The molecule has 0 saturated carbocycles. The standard InChI is InChI=1S/5Na.O5P2.HO3P.2O/c;;;;;1-6(2)5-7(3)4;1-4(2)3;;/h;;;;;;(H,1,2,3);;/q5*+1;;;2*-2/p-1. The van der Waals surface area contributed by atoms with E-state index in [-0.39, 0.29) is 159 Å². The number of rotatable bonds is 2. The maximum Gasteiger partial charge on any atom is 1.00 e. The molecule has 0 aliphatic heterocycles. The summed E-state index contributed by atoms with van der Waals surface area (Å²) >= 11 is 0. The summed E-state index contributed by atoms with van der Waals surface area (Å²) in [5.74, 6) is 0. The minimum absolute atomic E-state index is 0. The van der Waals surface area contributed by atoms with Crippen LogP contribution in [-0.2, 0) is 42.7 Å². The van der Waals surface area contributed by atoms with E-state index in [1.165, 1.54) is 0 Å². The van der Waals surface area contributed by atoms with Crippen LogP contribution in [0.5, 0.6) is 0 Å². The molecule has 18 heteroatoms. The maximum absolute atomic E-state index is 9.24. The van der Waals surface area contributed by atoms with Gasteiger partial charge < -0.3 is 15.8 Å². The smallest absolute Gasteiger partial charge is 1.00 e. The van der Waals surface area contributed by atoms with Gasteiger partial charge in [0.05, 0.1) is 0 Å². The van der Waals surface area contributed by atoms with E-state index in [0.717, 1.165) is 0 Å². The van der Waals surface area contributed by atoms with Crippen molar-refractivity contribution in [3.8, 4) is 0 Å². The SMILES string of the molecule is O=P(=O)OP(=O)=O.O=P(=O)[O-].[Na+].[Na+].[Na+].[Na+].[Na+].[O-2].[O-2]. The van der Waals surface area contributed by atoms with Crippen LogP contribution in [0, 0.1) is 0 Å². The van der Waals surface area contributed by atoms with E-state index in [1.54, 1.807) is 0 Å². The molecule has 0 atom stereocenters. The van der Waals surface area contributed by atoms with Crippen LogP contribution in [0.25, 0.3) is 0 Å². The molecule has 0 aliphatic rings. The number of hydrogen-bond acceptors (Lipinski definition) is 8. The van der Waals surface area contributed by atoms with E-state index >= 15 is 0 Å². The van der Waals surface area contributed by atoms with Crippen molar-refractivity contribution in [2.45, 2.75) is 0 Å². The van der Waals surface area contributed by atoms with Crippen molar-refractivity contribution >= 4 is 23.7 Å². The predicted molar refractivity (Wildman–Crippen MR) is 27.3 cm³/mol. The Kier molecular flexibility index (Phi) is 136. The van der Waals surface area contributed by atoms with E-state index in [1.807, 2.05) is 0 Å². The molecule has 0 amide bonds. The zero-order chi connectivity index (χ0) is 9.44. The van der Waals surface area contributed by atoms with Crippen LogP contribution in [0.15, 0.2) is 0 Å². The second-order valence-corrected chi connectivity index (χ2v) is 2.75. The third-order valence-corrected chi connectivity index (χ3v) is 1.20. The van der Waals surface area contributed by atoms with Gasteiger partial charge in [0.25, 0.3) is 0 Å². The van der Waals surface area contributed by atoms with Crippen molar-refractivity contribution in [1.29, 1.82) is 0 Å². The summed E-state index contributed by atoms with van der Waals surface area (Å²) < 4.78 is 57.1. The Bertz CT molecular complexity index is 259. The molecule has 0 aromatic rings. The van der Waals surface area contributed by atoms with E-state index in [4.69, 9.17) is 14.0 Å². The van der Waals surface area contributed by atoms with Crippen LogP contribution in [0.3, 0.4) is 0 Å². The summed E-state index contributed by atoms with van der Waals surface area (Å²) in [6.07, 6.45) is 0. The molecule has 10 nitrogen and oxygen atoms in total. The van der Waals surface area contributed by atoms with Gasteiger partial charge in [-0.1, -0.05) is 0 Å². The second kappa shape index (κ2) is 43.0. The minimum Gasteiger partial charge on any atom is -2.00 e. The van der Waals surface area contributed by atoms with Crippen LogP contribution in [0.2, 0.25) is 0 Å². The van der Waals surface area contributed by atoms with Crippen molar-refractivity contribution in [1.82, 2.24) is 0 Å². The van der Waals surface area contributed by atoms with Gasteiger partial charge >= 0.3 is 164 Å². The first-order valence-corrected chi connectivity index (χ1v) is 4.93. The Morgan fingerprint density at radius 3 is 0.722 bits per heavy atom. The Balaban J connectivity index is -0.00000000977. The third-order valence-electron chi connectivity index (χ3n) is 0.133. The van der Waals surface area contributed by atoms with Crippen molar-refractivity contribution in [3.05, 3.63) is 0 Å². The quantitative estimate of drug-likeness (QED) is 0.339. The molecule has 0 N–H and O–H groups in total. The molecule has 0 spiro atoms. The first-order chi connectivity index (χ1) is 4.86. The molecule has 0 rings (SSSR count). The average Bonchev–Trinajstić information content (AvgIpc) is 1.56. The van der Waals surface area contributed by atoms with Crippen LogP contribution in [0.1, 0.15) is 0 Å². The van der Waals surface area contributed by atoms with Crippen LogP contribution in [-0.4, -0.2) is 0 Å². The predicted octanol–water partition coefficient (Wildman–Crippen LogP) is -14.6. The van der Waals surface area contributed by atoms with Gasteiger partial charge in [-0.25, -0.2) is 18.3 Å². The summed E-state index contributed by atoms with van der Waals surface area (Å²) in [6.45, 7) is 0. The average molecular weight is 368 g/mol. The normalized spacial score (nSPS) is 4.50. The summed E-state index contributed by atoms with van der Waals surface area (Å²) in [4.78, 5) is 8.48. The van der Waals surface area contributed by atoms with E-state index in [2.05, 4.69) is 4.31 Å². The molecule has 0 unspecified atom stereocenters. The van der Waals surface area contributed by atoms with Crippen molar-refractivity contribution < 1.29 is 195 Å². The van der Waals surface area contributed by atoms with Gasteiger partial charge in [0.2, 0.25) is 7.91 Å². The molecule has 0 bridgehead atoms. The van der Waals surface area contributed by atoms with Crippen molar-refractivity contribution in [2.24, 2.45) is 0 Å². The van der Waals surface area contributed by atoms with E-state index in [0.29, 0.717) is 0 Å². The van der Waals surface area contributed by atoms with Gasteiger partial charge in [-0.2, -0.15) is 4.31 Å². The van der Waals surface area contributed by atoms with Gasteiger partial charge in [0.15, 0.2) is 0 Å². The molecule has 0 heterocycles. The van der Waals surface area contributed by atoms with Gasteiger partial charge in [0.1, 0.15) is 0 Å². The summed E-state index contributed by atoms with van der Waals surface area (Å²) in [6, 6.07) is 0. The van der Waals surface area contributed by atoms with Crippen molar-refractivity contribution in [2.75, 3.05) is 0 Å². The number of hydrogen-bond donors (Lipinski definition) is 0. The van der Waals surface area contributed by atoms with Crippen LogP contribution >= 0.6 is 23.7 Å². The van der Waals surface area contributed by atoms with Crippen molar-refractivity contribution in [3.63, 3.8) is 0 Å². The monoisotopic (exact) mass is 368 g/mol. The Hall–Kier alpha value is 4.54. The topological polar surface area (TPSA) is 192 Å². The molecule has 80 valence electrons. The zero-order valence-electron chi connectivity index (χ0n) is 10.4. The molecule has 0 aliphatic carbocycles. The maximum atomic E-state index is 9.24. The summed E-state index contributed by atoms with van der Waals surface area (Å²) in [5.41, 5.74) is 0. The fourth-order valence-electron chi connectivity index (χ4n) is 0.0544. The fraction of sp³-hybridized carbons (Fsp3) is 0. The minimum atomic E-state index is -3.37. The molecule has 0 fully saturated rings. The van der Waals surface area contributed by atoms with E-state index in [9.17, 15) is 18.3 Å². The Labute approximate surface area is 214 Å². The summed E-state index contributed by atoms with van der Waals surface area (Å²) in [5, 5.41) is 0. The van der Waals surface area contributed by atoms with Gasteiger partial charge in [-0.05, 0) is 0 Å². The molecule has 18 heavy (non-hydrogen) atoms. The first kappa shape index (κ1) is 57.0. The molecule has 0 saturated heterocycles. The molecule has 0 radical (unpaired) electrons. The van der Waals surface area contributed by atoms with Crippen LogP contribution in [0.4, 0.5) is 0 Å².